The van der Waals surface area contributed by atoms with E-state index in [1.165, 1.54) is 0 Å². The number of esters is 2. The van der Waals surface area contributed by atoms with Gasteiger partial charge < -0.3 is 9.47 Å². The molecular formula is C15H19IO4. The number of ether oxygens (including phenoxy) is 2. The van der Waals surface area contributed by atoms with Gasteiger partial charge in [-0.25, -0.2) is 0 Å². The first kappa shape index (κ1) is 16.9. The minimum Gasteiger partial charge on any atom is -0.465 e. The first-order chi connectivity index (χ1) is 9.37. The van der Waals surface area contributed by atoms with E-state index in [9.17, 15) is 9.59 Å². The third kappa shape index (κ3) is 3.31. The van der Waals surface area contributed by atoms with Gasteiger partial charge in [0.1, 0.15) is 0 Å². The number of carbonyl (C=O) groups is 2. The zero-order valence-electron chi connectivity index (χ0n) is 12.2. The Balaban J connectivity index is 3.32. The minimum absolute atomic E-state index is 0.219. The van der Waals surface area contributed by atoms with Crippen LogP contribution in [0.3, 0.4) is 0 Å². The van der Waals surface area contributed by atoms with Crippen molar-refractivity contribution in [2.45, 2.75) is 33.1 Å². The maximum atomic E-state index is 12.3. The van der Waals surface area contributed by atoms with Gasteiger partial charge in [0, 0.05) is 3.57 Å². The number of hydrogen-bond acceptors (Lipinski definition) is 4. The van der Waals surface area contributed by atoms with Gasteiger partial charge in [-0.1, -0.05) is 12.1 Å². The van der Waals surface area contributed by atoms with Crippen LogP contribution in [0.25, 0.3) is 0 Å². The smallest absolute Gasteiger partial charge is 0.327 e. The summed E-state index contributed by atoms with van der Waals surface area (Å²) >= 11 is 2.20. The van der Waals surface area contributed by atoms with Crippen molar-refractivity contribution < 1.29 is 19.1 Å². The van der Waals surface area contributed by atoms with Gasteiger partial charge in [-0.05, 0) is 67.5 Å². The molecule has 0 bridgehead atoms. The largest absolute Gasteiger partial charge is 0.465 e. The standard InChI is InChI=1S/C15H19IO4/c1-5-19-13(17)15(4,14(18)20-6-2)11-7-8-12(16)10(3)9-11/h7-9H,5-6H2,1-4H3. The SMILES string of the molecule is CCOC(=O)C(C)(C(=O)OCC)c1ccc(I)c(C)c1. The quantitative estimate of drug-likeness (QED) is 0.441. The highest BCUT2D eigenvalue weighted by atomic mass is 127. The molecule has 0 aromatic heterocycles. The third-order valence-electron chi connectivity index (χ3n) is 3.10. The fraction of sp³-hybridized carbons (Fsp3) is 0.467. The zero-order valence-corrected chi connectivity index (χ0v) is 14.3. The minimum atomic E-state index is -1.43. The molecule has 0 aliphatic rings. The summed E-state index contributed by atoms with van der Waals surface area (Å²) in [5.74, 6) is -1.17. The van der Waals surface area contributed by atoms with E-state index in [-0.39, 0.29) is 13.2 Å². The van der Waals surface area contributed by atoms with E-state index >= 15 is 0 Å². The van der Waals surface area contributed by atoms with E-state index in [0.29, 0.717) is 5.56 Å². The molecule has 1 aromatic rings. The molecular weight excluding hydrogens is 371 g/mol. The van der Waals surface area contributed by atoms with Crippen LogP contribution in [0, 0.1) is 10.5 Å². The van der Waals surface area contributed by atoms with Crippen LogP contribution in [-0.4, -0.2) is 25.2 Å². The Bertz CT molecular complexity index is 493. The highest BCUT2D eigenvalue weighted by Gasteiger charge is 2.46. The molecule has 5 heteroatoms. The fourth-order valence-corrected chi connectivity index (χ4v) is 2.16. The van der Waals surface area contributed by atoms with Gasteiger partial charge in [-0.3, -0.25) is 9.59 Å². The first-order valence-electron chi connectivity index (χ1n) is 6.49. The lowest BCUT2D eigenvalue weighted by molar-refractivity contribution is -0.163. The number of rotatable bonds is 5. The molecule has 4 nitrogen and oxygen atoms in total. The second-order valence-electron chi connectivity index (χ2n) is 4.53. The van der Waals surface area contributed by atoms with Crippen molar-refractivity contribution >= 4 is 34.5 Å². The first-order valence-corrected chi connectivity index (χ1v) is 7.56. The lowest BCUT2D eigenvalue weighted by Gasteiger charge is -2.26. The lowest BCUT2D eigenvalue weighted by Crippen LogP contribution is -2.43. The van der Waals surface area contributed by atoms with Crippen LogP contribution < -0.4 is 0 Å². The summed E-state index contributed by atoms with van der Waals surface area (Å²) in [5, 5.41) is 0. The monoisotopic (exact) mass is 390 g/mol. The molecule has 0 spiro atoms. The van der Waals surface area contributed by atoms with Crippen LogP contribution in [0.1, 0.15) is 31.9 Å². The Morgan fingerprint density at radius 1 is 1.15 bits per heavy atom. The number of carbonyl (C=O) groups excluding carboxylic acids is 2. The Kier molecular flexibility index (Phi) is 5.98. The van der Waals surface area contributed by atoms with Crippen LogP contribution >= 0.6 is 22.6 Å². The molecule has 0 radical (unpaired) electrons. The fourth-order valence-electron chi connectivity index (χ4n) is 1.83. The second kappa shape index (κ2) is 7.06. The lowest BCUT2D eigenvalue weighted by atomic mass is 9.82. The highest BCUT2D eigenvalue weighted by Crippen LogP contribution is 2.29. The molecule has 0 N–H and O–H groups in total. The van der Waals surface area contributed by atoms with Gasteiger partial charge in [0.15, 0.2) is 5.41 Å². The summed E-state index contributed by atoms with van der Waals surface area (Å²) < 4.78 is 11.2. The average Bonchev–Trinajstić information content (AvgIpc) is 2.41. The molecule has 110 valence electrons. The van der Waals surface area contributed by atoms with Crippen LogP contribution in [-0.2, 0) is 24.5 Å². The molecule has 0 heterocycles. The van der Waals surface area contributed by atoms with E-state index in [1.54, 1.807) is 26.8 Å². The maximum absolute atomic E-state index is 12.3. The van der Waals surface area contributed by atoms with Crippen molar-refractivity contribution in [3.05, 3.63) is 32.9 Å². The van der Waals surface area contributed by atoms with Crippen molar-refractivity contribution in [1.29, 1.82) is 0 Å². The predicted molar refractivity (Wildman–Crippen MR) is 84.5 cm³/mol. The van der Waals surface area contributed by atoms with Crippen molar-refractivity contribution in [2.24, 2.45) is 0 Å². The molecule has 0 saturated carbocycles. The van der Waals surface area contributed by atoms with Crippen LogP contribution in [0.4, 0.5) is 0 Å². The van der Waals surface area contributed by atoms with E-state index in [1.807, 2.05) is 19.1 Å². The Hall–Kier alpha value is -1.11. The van der Waals surface area contributed by atoms with Crippen LogP contribution in [0.2, 0.25) is 0 Å². The summed E-state index contributed by atoms with van der Waals surface area (Å²) in [7, 11) is 0. The number of benzene rings is 1. The topological polar surface area (TPSA) is 52.6 Å². The number of halogens is 1. The Morgan fingerprint density at radius 2 is 1.65 bits per heavy atom. The normalized spacial score (nSPS) is 11.1. The Labute approximate surface area is 133 Å². The van der Waals surface area contributed by atoms with Crippen LogP contribution in [0.5, 0.6) is 0 Å². The third-order valence-corrected chi connectivity index (χ3v) is 4.31. The zero-order chi connectivity index (χ0) is 15.3. The molecule has 0 aliphatic carbocycles. The summed E-state index contributed by atoms with van der Waals surface area (Å²) in [4.78, 5) is 24.5. The van der Waals surface area contributed by atoms with Gasteiger partial charge in [0.2, 0.25) is 0 Å². The van der Waals surface area contributed by atoms with Gasteiger partial charge >= 0.3 is 11.9 Å². The van der Waals surface area contributed by atoms with Crippen molar-refractivity contribution in [3.63, 3.8) is 0 Å². The van der Waals surface area contributed by atoms with Crippen molar-refractivity contribution in [3.8, 4) is 0 Å². The molecule has 0 aliphatic heterocycles. The highest BCUT2D eigenvalue weighted by molar-refractivity contribution is 14.1. The van der Waals surface area contributed by atoms with Gasteiger partial charge in [0.25, 0.3) is 0 Å². The molecule has 0 unspecified atom stereocenters. The summed E-state index contributed by atoms with van der Waals surface area (Å²) in [6.07, 6.45) is 0. The van der Waals surface area contributed by atoms with Gasteiger partial charge in [-0.15, -0.1) is 0 Å². The molecule has 0 saturated heterocycles. The van der Waals surface area contributed by atoms with E-state index in [0.717, 1.165) is 9.13 Å². The molecule has 1 aromatic carbocycles. The van der Waals surface area contributed by atoms with E-state index in [4.69, 9.17) is 9.47 Å². The van der Waals surface area contributed by atoms with Crippen molar-refractivity contribution in [1.82, 2.24) is 0 Å². The molecule has 1 rings (SSSR count). The molecule has 0 amide bonds. The second-order valence-corrected chi connectivity index (χ2v) is 5.69. The predicted octanol–water partition coefficient (Wildman–Crippen LogP) is 2.98. The van der Waals surface area contributed by atoms with E-state index < -0.39 is 17.4 Å². The average molecular weight is 390 g/mol. The number of hydrogen-bond donors (Lipinski definition) is 0. The maximum Gasteiger partial charge on any atom is 0.327 e. The van der Waals surface area contributed by atoms with Gasteiger partial charge in [-0.2, -0.15) is 0 Å². The van der Waals surface area contributed by atoms with E-state index in [2.05, 4.69) is 22.6 Å². The van der Waals surface area contributed by atoms with Gasteiger partial charge in [0.05, 0.1) is 13.2 Å². The number of aryl methyl sites for hydroxylation is 1. The summed E-state index contributed by atoms with van der Waals surface area (Å²) in [6, 6.07) is 5.47. The molecule has 0 fully saturated rings. The Morgan fingerprint density at radius 3 is 2.05 bits per heavy atom. The van der Waals surface area contributed by atoms with Crippen molar-refractivity contribution in [2.75, 3.05) is 13.2 Å². The summed E-state index contributed by atoms with van der Waals surface area (Å²) in [6.45, 7) is 7.34. The molecule has 20 heavy (non-hydrogen) atoms. The van der Waals surface area contributed by atoms with Crippen LogP contribution in [0.15, 0.2) is 18.2 Å². The molecule has 0 atom stereocenters. The summed E-state index contributed by atoms with van der Waals surface area (Å²) in [5.41, 5.74) is 0.163.